The van der Waals surface area contributed by atoms with Crippen LogP contribution in [0.4, 0.5) is 0 Å². The van der Waals surface area contributed by atoms with Crippen LogP contribution in [0.1, 0.15) is 11.1 Å². The number of amidine groups is 2. The Labute approximate surface area is 119 Å². The quantitative estimate of drug-likeness (QED) is 0.505. The van der Waals surface area contributed by atoms with Crippen molar-refractivity contribution in [3.05, 3.63) is 71.8 Å². The van der Waals surface area contributed by atoms with Crippen molar-refractivity contribution >= 4 is 11.7 Å². The lowest BCUT2D eigenvalue weighted by atomic mass is 10.1. The van der Waals surface area contributed by atoms with Crippen LogP contribution in [0.15, 0.2) is 60.7 Å². The van der Waals surface area contributed by atoms with Gasteiger partial charge in [0.15, 0.2) is 0 Å². The van der Waals surface area contributed by atoms with E-state index in [0.29, 0.717) is 12.8 Å². The molecule has 0 heterocycles. The number of hydrogen-bond donors (Lipinski definition) is 4. The summed E-state index contributed by atoms with van der Waals surface area (Å²) in [5.74, 6) is 0.428. The van der Waals surface area contributed by atoms with E-state index in [1.807, 2.05) is 60.7 Å². The average Bonchev–Trinajstić information content (AvgIpc) is 2.40. The summed E-state index contributed by atoms with van der Waals surface area (Å²) >= 11 is 0. The van der Waals surface area contributed by atoms with E-state index in [4.69, 9.17) is 22.3 Å². The zero-order valence-electron chi connectivity index (χ0n) is 11.3. The number of benzene rings is 2. The minimum Gasteiger partial charge on any atom is -0.387 e. The van der Waals surface area contributed by atoms with Crippen molar-refractivity contribution in [2.45, 2.75) is 12.8 Å². The Morgan fingerprint density at radius 3 is 1.20 bits per heavy atom. The third kappa shape index (κ3) is 6.96. The van der Waals surface area contributed by atoms with Crippen LogP contribution >= 0.6 is 0 Å². The second-order valence-corrected chi connectivity index (χ2v) is 4.38. The van der Waals surface area contributed by atoms with E-state index < -0.39 is 0 Å². The molecule has 4 nitrogen and oxygen atoms in total. The number of rotatable bonds is 4. The van der Waals surface area contributed by atoms with Crippen molar-refractivity contribution in [3.63, 3.8) is 0 Å². The molecule has 2 aromatic rings. The van der Waals surface area contributed by atoms with E-state index in [1.54, 1.807) is 0 Å². The summed E-state index contributed by atoms with van der Waals surface area (Å²) < 4.78 is 0. The molecule has 2 aromatic carbocycles. The molecule has 0 aliphatic heterocycles. The van der Waals surface area contributed by atoms with Crippen LogP contribution in [0.2, 0.25) is 0 Å². The normalized spacial score (nSPS) is 9.20. The van der Waals surface area contributed by atoms with Crippen LogP contribution in [0.5, 0.6) is 0 Å². The standard InChI is InChI=1S/2C8H10N2/c2*9-8(10)6-7-4-2-1-3-5-7/h2*1-5H,6H2,(H3,9,10). The van der Waals surface area contributed by atoms with Gasteiger partial charge >= 0.3 is 0 Å². The molecule has 0 radical (unpaired) electrons. The Bertz CT molecular complexity index is 483. The fraction of sp³-hybridized carbons (Fsp3) is 0.125. The van der Waals surface area contributed by atoms with Gasteiger partial charge in [0.25, 0.3) is 0 Å². The lowest BCUT2D eigenvalue weighted by Gasteiger charge is -1.96. The lowest BCUT2D eigenvalue weighted by Crippen LogP contribution is -2.12. The second kappa shape index (κ2) is 8.48. The van der Waals surface area contributed by atoms with Crippen molar-refractivity contribution in [1.29, 1.82) is 10.8 Å². The third-order valence-corrected chi connectivity index (χ3v) is 2.47. The Kier molecular flexibility index (Phi) is 6.54. The zero-order valence-corrected chi connectivity index (χ0v) is 11.3. The van der Waals surface area contributed by atoms with E-state index in [2.05, 4.69) is 0 Å². The maximum Gasteiger partial charge on any atom is 0.0950 e. The minimum absolute atomic E-state index is 0.214. The fourth-order valence-electron chi connectivity index (χ4n) is 1.63. The first-order valence-electron chi connectivity index (χ1n) is 6.31. The van der Waals surface area contributed by atoms with Crippen LogP contribution in [0.25, 0.3) is 0 Å². The van der Waals surface area contributed by atoms with Crippen LogP contribution in [0, 0.1) is 10.8 Å². The van der Waals surface area contributed by atoms with Crippen molar-refractivity contribution in [2.75, 3.05) is 0 Å². The lowest BCUT2D eigenvalue weighted by molar-refractivity contribution is 1.25. The summed E-state index contributed by atoms with van der Waals surface area (Å²) in [6.07, 6.45) is 1.11. The summed E-state index contributed by atoms with van der Waals surface area (Å²) in [5, 5.41) is 14.0. The largest absolute Gasteiger partial charge is 0.387 e. The third-order valence-electron chi connectivity index (χ3n) is 2.47. The second-order valence-electron chi connectivity index (χ2n) is 4.38. The molecule has 0 saturated heterocycles. The minimum atomic E-state index is 0.214. The fourth-order valence-corrected chi connectivity index (χ4v) is 1.63. The van der Waals surface area contributed by atoms with E-state index in [9.17, 15) is 0 Å². The van der Waals surface area contributed by atoms with Crippen LogP contribution < -0.4 is 11.5 Å². The highest BCUT2D eigenvalue weighted by Gasteiger charge is 1.91. The first kappa shape index (κ1) is 15.4. The van der Waals surface area contributed by atoms with E-state index in [0.717, 1.165) is 11.1 Å². The van der Waals surface area contributed by atoms with Crippen molar-refractivity contribution in [3.8, 4) is 0 Å². The maximum absolute atomic E-state index is 7.01. The Morgan fingerprint density at radius 2 is 0.950 bits per heavy atom. The summed E-state index contributed by atoms with van der Waals surface area (Å²) in [6, 6.07) is 19.5. The molecule has 0 fully saturated rings. The van der Waals surface area contributed by atoms with Crippen molar-refractivity contribution in [2.24, 2.45) is 11.5 Å². The van der Waals surface area contributed by atoms with E-state index >= 15 is 0 Å². The molecule has 20 heavy (non-hydrogen) atoms. The molecule has 0 aliphatic rings. The van der Waals surface area contributed by atoms with Gasteiger partial charge in [-0.3, -0.25) is 10.8 Å². The van der Waals surface area contributed by atoms with Gasteiger partial charge in [-0.05, 0) is 11.1 Å². The first-order valence-corrected chi connectivity index (χ1v) is 6.31. The van der Waals surface area contributed by atoms with E-state index in [-0.39, 0.29) is 11.7 Å². The molecule has 4 heteroatoms. The predicted molar refractivity (Wildman–Crippen MR) is 84.1 cm³/mol. The van der Waals surface area contributed by atoms with Gasteiger partial charge in [-0.1, -0.05) is 60.7 Å². The summed E-state index contributed by atoms with van der Waals surface area (Å²) in [7, 11) is 0. The maximum atomic E-state index is 7.01. The Hall–Kier alpha value is -2.62. The SMILES string of the molecule is N=C(N)Cc1ccccc1.N=C(N)Cc1ccccc1. The number of hydrogen-bond acceptors (Lipinski definition) is 2. The molecular formula is C16H20N4. The molecule has 104 valence electrons. The molecule has 6 N–H and O–H groups in total. The predicted octanol–water partition coefficient (Wildman–Crippen LogP) is 2.33. The smallest absolute Gasteiger partial charge is 0.0950 e. The Morgan fingerprint density at radius 1 is 0.650 bits per heavy atom. The van der Waals surface area contributed by atoms with Gasteiger partial charge in [0.2, 0.25) is 0 Å². The molecule has 2 rings (SSSR count). The highest BCUT2D eigenvalue weighted by Crippen LogP contribution is 1.98. The molecule has 0 saturated carbocycles. The topological polar surface area (TPSA) is 99.7 Å². The van der Waals surface area contributed by atoms with Crippen LogP contribution in [-0.4, -0.2) is 11.7 Å². The van der Waals surface area contributed by atoms with E-state index in [1.165, 1.54) is 0 Å². The average molecular weight is 268 g/mol. The van der Waals surface area contributed by atoms with Gasteiger partial charge in [0.1, 0.15) is 0 Å². The van der Waals surface area contributed by atoms with Gasteiger partial charge in [-0.25, -0.2) is 0 Å². The van der Waals surface area contributed by atoms with Gasteiger partial charge < -0.3 is 11.5 Å². The van der Waals surface area contributed by atoms with Crippen molar-refractivity contribution in [1.82, 2.24) is 0 Å². The highest BCUT2D eigenvalue weighted by molar-refractivity contribution is 5.79. The van der Waals surface area contributed by atoms with Crippen LogP contribution in [0.3, 0.4) is 0 Å². The molecule has 0 spiro atoms. The van der Waals surface area contributed by atoms with Crippen molar-refractivity contribution < 1.29 is 0 Å². The summed E-state index contributed by atoms with van der Waals surface area (Å²) in [4.78, 5) is 0. The highest BCUT2D eigenvalue weighted by atomic mass is 14.7. The number of nitrogens with two attached hydrogens (primary N) is 2. The monoisotopic (exact) mass is 268 g/mol. The Balaban J connectivity index is 0.000000200. The first-order chi connectivity index (χ1) is 9.58. The van der Waals surface area contributed by atoms with Gasteiger partial charge in [0, 0.05) is 12.8 Å². The van der Waals surface area contributed by atoms with Gasteiger partial charge in [-0.15, -0.1) is 0 Å². The summed E-state index contributed by atoms with van der Waals surface area (Å²) in [6.45, 7) is 0. The number of nitrogens with one attached hydrogen (secondary N) is 2. The van der Waals surface area contributed by atoms with Crippen LogP contribution in [-0.2, 0) is 12.8 Å². The molecule has 0 amide bonds. The summed E-state index contributed by atoms with van der Waals surface area (Å²) in [5.41, 5.74) is 12.6. The van der Waals surface area contributed by atoms with Gasteiger partial charge in [-0.2, -0.15) is 0 Å². The molecule has 0 aromatic heterocycles. The molecule has 0 unspecified atom stereocenters. The van der Waals surface area contributed by atoms with Gasteiger partial charge in [0.05, 0.1) is 11.7 Å². The molecule has 0 bridgehead atoms. The molecule has 0 aliphatic carbocycles. The molecular weight excluding hydrogens is 248 g/mol. The zero-order chi connectivity index (χ0) is 14.8. The molecule has 0 atom stereocenters.